The van der Waals surface area contributed by atoms with Crippen molar-refractivity contribution in [3.05, 3.63) is 194 Å². The smallest absolute Gasteiger partial charge is 0.303 e. The molecule has 0 spiro atoms. The molecule has 12 atom stereocenters. The van der Waals surface area contributed by atoms with Crippen LogP contribution in [0.4, 0.5) is 0 Å². The third-order valence-corrected chi connectivity index (χ3v) is 14.3. The van der Waals surface area contributed by atoms with Crippen LogP contribution in [0.3, 0.4) is 0 Å². The molecule has 0 aromatic heterocycles. The Bertz CT molecular complexity index is 2310. The molecule has 0 bridgehead atoms. The van der Waals surface area contributed by atoms with E-state index in [0.29, 0.717) is 51.4 Å². The van der Waals surface area contributed by atoms with E-state index in [1.165, 1.54) is 12.2 Å². The van der Waals surface area contributed by atoms with E-state index in [-0.39, 0.29) is 38.5 Å². The van der Waals surface area contributed by atoms with Crippen LogP contribution >= 0.6 is 0 Å². The second-order valence-corrected chi connectivity index (χ2v) is 23.8. The van der Waals surface area contributed by atoms with Crippen molar-refractivity contribution in [1.29, 1.82) is 0 Å². The molecule has 0 heterocycles. The Labute approximate surface area is 597 Å². The predicted octanol–water partition coefficient (Wildman–Crippen LogP) is 12.5. The van der Waals surface area contributed by atoms with E-state index in [0.717, 1.165) is 89.9 Å². The quantitative estimate of drug-likeness (QED) is 0.0199. The third-order valence-electron chi connectivity index (χ3n) is 14.3. The number of rotatable bonds is 56. The molecule has 568 valence electrons. The monoisotopic (exact) mass is 1410 g/mol. The van der Waals surface area contributed by atoms with Gasteiger partial charge in [0, 0.05) is 25.7 Å². The predicted molar refractivity (Wildman–Crippen MR) is 401 cm³/mol. The van der Waals surface area contributed by atoms with Crippen molar-refractivity contribution in [1.82, 2.24) is 0 Å². The molecule has 0 aromatic rings. The maximum absolute atomic E-state index is 10.4. The van der Waals surface area contributed by atoms with Gasteiger partial charge in [0.25, 0.3) is 0 Å². The lowest BCUT2D eigenvalue weighted by molar-refractivity contribution is -0.138. The van der Waals surface area contributed by atoms with Crippen molar-refractivity contribution >= 4 is 23.9 Å². The van der Waals surface area contributed by atoms with Gasteiger partial charge in [0.15, 0.2) is 0 Å². The number of allylic oxidation sites excluding steroid dienone is 24. The average Bonchev–Trinajstić information content (AvgIpc) is 3.34. The fourth-order valence-electron chi connectivity index (χ4n) is 8.35. The van der Waals surface area contributed by atoms with E-state index in [1.54, 1.807) is 170 Å². The van der Waals surface area contributed by atoms with Gasteiger partial charge in [-0.3, -0.25) is 19.2 Å². The zero-order valence-corrected chi connectivity index (χ0v) is 60.0. The van der Waals surface area contributed by atoms with Gasteiger partial charge in [0.2, 0.25) is 0 Å². The fraction of sp³-hybridized carbons (Fsp3) is 0.550. The molecule has 0 aliphatic carbocycles. The fourth-order valence-corrected chi connectivity index (χ4v) is 8.35. The van der Waals surface area contributed by atoms with Gasteiger partial charge in [-0.15, -0.1) is 0 Å². The van der Waals surface area contributed by atoms with Crippen LogP contribution in [0.2, 0.25) is 0 Å². The van der Waals surface area contributed by atoms with Crippen LogP contribution in [0, 0.1) is 0 Å². The molecule has 0 rings (SSSR count). The number of carboxylic acids is 4. The summed E-state index contributed by atoms with van der Waals surface area (Å²) < 4.78 is 0. The van der Waals surface area contributed by atoms with E-state index in [1.807, 2.05) is 12.2 Å². The lowest BCUT2D eigenvalue weighted by Gasteiger charge is -2.13. The summed E-state index contributed by atoms with van der Waals surface area (Å²) in [5.74, 6) is -3.52. The zero-order valence-electron chi connectivity index (χ0n) is 60.0. The number of carbonyl (C=O) groups is 4. The second kappa shape index (κ2) is 74.9. The topological polar surface area (TPSA) is 392 Å². The highest BCUT2D eigenvalue weighted by Crippen LogP contribution is 2.13. The SMILES string of the molecule is CCCCC[C@@H](O)/C=C/C=C\C=C\C=C\[C@@H](O)[C@@H](O)CCCC(=O)O.CCCCC[C@H](O)/C=C/C=C\C=C\C=C\[C@@H](O)[C@@H](O)CCCC(=O)O.CCCCC[C@H](O)[C@@H](O)/C=C/C=C/C=C\C=C\[C@@H](O)CCCC(=O)O.CCCCC[C@H](O)[C@H](O)/C=C/C=C/C=C\C=C\[C@@H](O)CCCC(=O)O. The molecular weight excluding hydrogens is 1280 g/mol. The Morgan fingerprint density at radius 2 is 0.360 bits per heavy atom. The molecule has 0 unspecified atom stereocenters. The van der Waals surface area contributed by atoms with Crippen molar-refractivity contribution in [2.45, 2.75) is 281 Å². The van der Waals surface area contributed by atoms with Crippen LogP contribution in [0.5, 0.6) is 0 Å². The average molecular weight is 1410 g/mol. The summed E-state index contributed by atoms with van der Waals surface area (Å²) in [7, 11) is 0. The molecule has 0 saturated heterocycles. The van der Waals surface area contributed by atoms with Crippen LogP contribution in [-0.2, 0) is 19.2 Å². The van der Waals surface area contributed by atoms with Crippen molar-refractivity contribution in [3.63, 3.8) is 0 Å². The Hall–Kier alpha value is -6.76. The minimum Gasteiger partial charge on any atom is -0.481 e. The molecule has 20 heteroatoms. The lowest BCUT2D eigenvalue weighted by Crippen LogP contribution is -2.23. The first-order valence-corrected chi connectivity index (χ1v) is 35.7. The summed E-state index contributed by atoms with van der Waals surface area (Å²) in [6.45, 7) is 8.45. The minimum absolute atomic E-state index is 0.0149. The summed E-state index contributed by atoms with van der Waals surface area (Å²) in [5.41, 5.74) is 0. The second-order valence-electron chi connectivity index (χ2n) is 23.8. The van der Waals surface area contributed by atoms with Gasteiger partial charge < -0.3 is 81.7 Å². The number of carboxylic acid groups (broad SMARTS) is 4. The Kier molecular flexibility index (Phi) is 74.6. The number of aliphatic hydroxyl groups excluding tert-OH is 12. The summed E-state index contributed by atoms with van der Waals surface area (Å²) in [5, 5.41) is 150. The van der Waals surface area contributed by atoms with Gasteiger partial charge in [0.1, 0.15) is 0 Å². The molecule has 0 aliphatic heterocycles. The molecule has 0 saturated carbocycles. The first kappa shape index (κ1) is 99.6. The summed E-state index contributed by atoms with van der Waals surface area (Å²) in [4.78, 5) is 41.4. The minimum atomic E-state index is -1.01. The summed E-state index contributed by atoms with van der Waals surface area (Å²) >= 11 is 0. The third kappa shape index (κ3) is 78.6. The van der Waals surface area contributed by atoms with Crippen molar-refractivity contribution in [2.24, 2.45) is 0 Å². The number of unbranched alkanes of at least 4 members (excludes halogenated alkanes) is 8. The van der Waals surface area contributed by atoms with Gasteiger partial charge in [-0.25, -0.2) is 0 Å². The van der Waals surface area contributed by atoms with E-state index >= 15 is 0 Å². The highest BCUT2D eigenvalue weighted by molar-refractivity contribution is 5.67. The normalized spacial score (nSPS) is 16.3. The number of aliphatic hydroxyl groups is 12. The molecule has 0 fully saturated rings. The van der Waals surface area contributed by atoms with Crippen LogP contribution in [0.1, 0.15) is 207 Å². The molecule has 0 aliphatic rings. The summed E-state index contributed by atoms with van der Waals surface area (Å²) in [6.07, 6.45) is 63.9. The van der Waals surface area contributed by atoms with Crippen LogP contribution < -0.4 is 0 Å². The standard InChI is InChI=1S/4C20H32O5/c2*1-2-3-8-14-18(22)19(23)15-10-7-5-4-6-9-12-17(21)13-11-16-20(24)25;2*1-2-3-8-12-17(21)13-9-6-4-5-7-10-14-18(22)19(23)15-11-16-20(24)25/h2*4-7,9-10,12,15,17-19,21-23H,2-3,8,11,13-14,16H2,1H3,(H,24,25);2*4-7,9-10,13-14,17-19,21-23H,2-3,8,11-12,15-16H2,1H3,(H,24,25)/b2*6-4-,7-5+,12-9+,15-10+;2*6-4-,7-5+,13-9+,14-10+/t17-,18+,19+;2*17-,18+,19-;17-,18-,19+/m1101/s1. The Balaban J connectivity index is -0.000000614. The maximum atomic E-state index is 10.4. The van der Waals surface area contributed by atoms with Gasteiger partial charge in [-0.05, 0) is 77.0 Å². The van der Waals surface area contributed by atoms with Crippen LogP contribution in [-0.4, -0.2) is 179 Å². The van der Waals surface area contributed by atoms with Crippen molar-refractivity contribution < 1.29 is 101 Å². The van der Waals surface area contributed by atoms with E-state index in [2.05, 4.69) is 27.7 Å². The van der Waals surface area contributed by atoms with Gasteiger partial charge in [-0.2, -0.15) is 0 Å². The zero-order chi connectivity index (χ0) is 75.7. The first-order chi connectivity index (χ1) is 47.9. The molecule has 20 nitrogen and oxygen atoms in total. The highest BCUT2D eigenvalue weighted by Gasteiger charge is 2.16. The van der Waals surface area contributed by atoms with E-state index in [9.17, 15) is 80.5 Å². The number of aliphatic carboxylic acids is 4. The van der Waals surface area contributed by atoms with Crippen LogP contribution in [0.15, 0.2) is 194 Å². The van der Waals surface area contributed by atoms with Crippen molar-refractivity contribution in [2.75, 3.05) is 0 Å². The highest BCUT2D eigenvalue weighted by atomic mass is 16.4. The lowest BCUT2D eigenvalue weighted by atomic mass is 10.1. The first-order valence-electron chi connectivity index (χ1n) is 35.7. The molecule has 0 radical (unpaired) electrons. The molecule has 100 heavy (non-hydrogen) atoms. The van der Waals surface area contributed by atoms with Gasteiger partial charge >= 0.3 is 23.9 Å². The van der Waals surface area contributed by atoms with E-state index < -0.39 is 97.1 Å². The van der Waals surface area contributed by atoms with Crippen molar-refractivity contribution in [3.8, 4) is 0 Å². The Morgan fingerprint density at radius 1 is 0.210 bits per heavy atom. The molecular formula is C80H128O20. The molecule has 0 amide bonds. The van der Waals surface area contributed by atoms with E-state index in [4.69, 9.17) is 20.4 Å². The molecule has 16 N–H and O–H groups in total. The van der Waals surface area contributed by atoms with Gasteiger partial charge in [0.05, 0.1) is 73.2 Å². The number of hydrogen-bond donors (Lipinski definition) is 16. The largest absolute Gasteiger partial charge is 0.481 e. The Morgan fingerprint density at radius 3 is 0.550 bits per heavy atom. The maximum Gasteiger partial charge on any atom is 0.303 e. The number of hydrogen-bond acceptors (Lipinski definition) is 16. The van der Waals surface area contributed by atoms with Crippen LogP contribution in [0.25, 0.3) is 0 Å². The molecule has 0 aromatic carbocycles. The van der Waals surface area contributed by atoms with Gasteiger partial charge in [-0.1, -0.05) is 299 Å². The summed E-state index contributed by atoms with van der Waals surface area (Å²) in [6, 6.07) is 0.